The molecule has 16 heavy (non-hydrogen) atoms. The van der Waals surface area contributed by atoms with Crippen LogP contribution in [-0.2, 0) is 4.79 Å². The predicted molar refractivity (Wildman–Crippen MR) is 61.5 cm³/mol. The molecule has 1 N–H and O–H groups in total. The molecule has 0 spiro atoms. The Kier molecular flexibility index (Phi) is 3.39. The second-order valence-electron chi connectivity index (χ2n) is 4.15. The number of rotatable bonds is 3. The van der Waals surface area contributed by atoms with E-state index < -0.39 is 5.97 Å². The first-order valence-corrected chi connectivity index (χ1v) is 5.66. The molecule has 1 atom stereocenters. The molecule has 1 unspecified atom stereocenters. The molecule has 1 aliphatic heterocycles. The van der Waals surface area contributed by atoms with Gasteiger partial charge in [-0.15, -0.1) is 0 Å². The number of carbonyl (C=O) groups is 1. The number of hydrogen-bond donors (Lipinski definition) is 1. The minimum atomic E-state index is -0.717. The molecule has 0 amide bonds. The van der Waals surface area contributed by atoms with Gasteiger partial charge in [0.15, 0.2) is 0 Å². The predicted octanol–water partition coefficient (Wildman–Crippen LogP) is 1.92. The number of aromatic nitrogens is 1. The van der Waals surface area contributed by atoms with Gasteiger partial charge in [-0.1, -0.05) is 0 Å². The highest BCUT2D eigenvalue weighted by atomic mass is 16.4. The van der Waals surface area contributed by atoms with Crippen molar-refractivity contribution >= 4 is 11.7 Å². The number of nitrogens with zero attached hydrogens (tertiary/aromatic N) is 2. The van der Waals surface area contributed by atoms with Crippen LogP contribution in [0.2, 0.25) is 0 Å². The van der Waals surface area contributed by atoms with E-state index in [4.69, 9.17) is 5.11 Å². The van der Waals surface area contributed by atoms with Gasteiger partial charge in [0, 0.05) is 30.7 Å². The second-order valence-corrected chi connectivity index (χ2v) is 4.15. The van der Waals surface area contributed by atoms with Crippen LogP contribution in [0.4, 0.5) is 5.69 Å². The topological polar surface area (TPSA) is 53.4 Å². The van der Waals surface area contributed by atoms with E-state index in [1.165, 1.54) is 0 Å². The summed E-state index contributed by atoms with van der Waals surface area (Å²) in [6.07, 6.45) is 6.96. The molecule has 1 aromatic heterocycles. The highest BCUT2D eigenvalue weighted by molar-refractivity contribution is 5.68. The molecule has 0 bridgehead atoms. The van der Waals surface area contributed by atoms with Crippen molar-refractivity contribution < 1.29 is 9.90 Å². The summed E-state index contributed by atoms with van der Waals surface area (Å²) in [6, 6.07) is 4.02. The maximum atomic E-state index is 10.8. The minimum absolute atomic E-state index is 0.133. The Morgan fingerprint density at radius 1 is 1.44 bits per heavy atom. The lowest BCUT2D eigenvalue weighted by Gasteiger charge is -2.36. The molecule has 86 valence electrons. The summed E-state index contributed by atoms with van der Waals surface area (Å²) < 4.78 is 0. The molecule has 0 aromatic carbocycles. The van der Waals surface area contributed by atoms with Crippen molar-refractivity contribution in [2.45, 2.75) is 31.7 Å². The monoisotopic (exact) mass is 220 g/mol. The number of piperidine rings is 1. The molecule has 0 radical (unpaired) electrons. The first-order valence-electron chi connectivity index (χ1n) is 5.66. The van der Waals surface area contributed by atoms with E-state index >= 15 is 0 Å². The number of carboxylic acids is 1. The fourth-order valence-corrected chi connectivity index (χ4v) is 2.29. The van der Waals surface area contributed by atoms with Crippen LogP contribution in [0.1, 0.15) is 25.7 Å². The Morgan fingerprint density at radius 2 is 2.19 bits per heavy atom. The van der Waals surface area contributed by atoms with Crippen LogP contribution in [0.5, 0.6) is 0 Å². The zero-order chi connectivity index (χ0) is 11.4. The quantitative estimate of drug-likeness (QED) is 0.845. The van der Waals surface area contributed by atoms with Crippen molar-refractivity contribution in [3.63, 3.8) is 0 Å². The van der Waals surface area contributed by atoms with E-state index in [1.807, 2.05) is 12.1 Å². The van der Waals surface area contributed by atoms with Crippen LogP contribution in [-0.4, -0.2) is 28.6 Å². The second kappa shape index (κ2) is 4.96. The van der Waals surface area contributed by atoms with Crippen molar-refractivity contribution in [3.8, 4) is 0 Å². The lowest BCUT2D eigenvalue weighted by Crippen LogP contribution is -2.40. The van der Waals surface area contributed by atoms with E-state index in [0.717, 1.165) is 31.5 Å². The van der Waals surface area contributed by atoms with Crippen molar-refractivity contribution in [2.75, 3.05) is 11.4 Å². The molecule has 1 aliphatic rings. The third-order valence-electron chi connectivity index (χ3n) is 3.03. The van der Waals surface area contributed by atoms with Gasteiger partial charge in [-0.2, -0.15) is 0 Å². The van der Waals surface area contributed by atoms with Crippen molar-refractivity contribution in [2.24, 2.45) is 0 Å². The molecule has 2 rings (SSSR count). The van der Waals surface area contributed by atoms with Gasteiger partial charge in [-0.25, -0.2) is 0 Å². The van der Waals surface area contributed by atoms with Gasteiger partial charge >= 0.3 is 5.97 Å². The third kappa shape index (κ3) is 2.51. The van der Waals surface area contributed by atoms with Gasteiger partial charge in [0.2, 0.25) is 0 Å². The van der Waals surface area contributed by atoms with Gasteiger partial charge in [0.1, 0.15) is 0 Å². The average molecular weight is 220 g/mol. The van der Waals surface area contributed by atoms with Crippen LogP contribution in [0.15, 0.2) is 24.5 Å². The number of aliphatic carboxylic acids is 1. The standard InChI is InChI=1S/C12H16N2O2/c15-12(16)9-11-3-1-2-8-14(11)10-4-6-13-7-5-10/h4-7,11H,1-3,8-9H2,(H,15,16). The van der Waals surface area contributed by atoms with Crippen LogP contribution in [0.3, 0.4) is 0 Å². The molecule has 4 heteroatoms. The van der Waals surface area contributed by atoms with Gasteiger partial charge in [-0.05, 0) is 31.4 Å². The normalized spacial score (nSPS) is 20.8. The highest BCUT2D eigenvalue weighted by Gasteiger charge is 2.24. The van der Waals surface area contributed by atoms with E-state index in [2.05, 4.69) is 9.88 Å². The summed E-state index contributed by atoms with van der Waals surface area (Å²) in [5.74, 6) is -0.717. The van der Waals surface area contributed by atoms with Gasteiger partial charge < -0.3 is 10.0 Å². The average Bonchev–Trinajstić information content (AvgIpc) is 2.30. The van der Waals surface area contributed by atoms with E-state index in [-0.39, 0.29) is 12.5 Å². The Balaban J connectivity index is 2.13. The van der Waals surface area contributed by atoms with Gasteiger partial charge in [-0.3, -0.25) is 9.78 Å². The van der Waals surface area contributed by atoms with Crippen LogP contribution in [0, 0.1) is 0 Å². The van der Waals surface area contributed by atoms with E-state index in [9.17, 15) is 4.79 Å². The molecular weight excluding hydrogens is 204 g/mol. The van der Waals surface area contributed by atoms with Crippen molar-refractivity contribution in [1.29, 1.82) is 0 Å². The highest BCUT2D eigenvalue weighted by Crippen LogP contribution is 2.25. The summed E-state index contributed by atoms with van der Waals surface area (Å²) >= 11 is 0. The molecule has 1 aromatic rings. The first kappa shape index (κ1) is 10.9. The zero-order valence-electron chi connectivity index (χ0n) is 9.17. The Bertz CT molecular complexity index is 353. The third-order valence-corrected chi connectivity index (χ3v) is 3.03. The smallest absolute Gasteiger partial charge is 0.305 e. The van der Waals surface area contributed by atoms with Crippen molar-refractivity contribution in [1.82, 2.24) is 4.98 Å². The number of hydrogen-bond acceptors (Lipinski definition) is 3. The number of carboxylic acid groups (broad SMARTS) is 1. The maximum absolute atomic E-state index is 10.8. The van der Waals surface area contributed by atoms with Crippen LogP contribution >= 0.6 is 0 Å². The summed E-state index contributed by atoms with van der Waals surface area (Å²) in [7, 11) is 0. The van der Waals surface area contributed by atoms with E-state index in [0.29, 0.717) is 0 Å². The SMILES string of the molecule is O=C(O)CC1CCCCN1c1ccncc1. The van der Waals surface area contributed by atoms with Crippen molar-refractivity contribution in [3.05, 3.63) is 24.5 Å². The number of anilines is 1. The molecule has 1 saturated heterocycles. The molecule has 2 heterocycles. The molecule has 0 aliphatic carbocycles. The molecule has 1 fully saturated rings. The lowest BCUT2D eigenvalue weighted by atomic mass is 9.99. The van der Waals surface area contributed by atoms with Gasteiger partial charge in [0.05, 0.1) is 6.42 Å². The number of pyridine rings is 1. The zero-order valence-corrected chi connectivity index (χ0v) is 9.17. The van der Waals surface area contributed by atoms with Crippen LogP contribution in [0.25, 0.3) is 0 Å². The van der Waals surface area contributed by atoms with Crippen LogP contribution < -0.4 is 4.90 Å². The summed E-state index contributed by atoms with van der Waals surface area (Å²) in [5.41, 5.74) is 1.08. The lowest BCUT2D eigenvalue weighted by molar-refractivity contribution is -0.137. The minimum Gasteiger partial charge on any atom is -0.481 e. The summed E-state index contributed by atoms with van der Waals surface area (Å²) in [6.45, 7) is 0.946. The molecule has 4 nitrogen and oxygen atoms in total. The fraction of sp³-hybridized carbons (Fsp3) is 0.500. The molecular formula is C12H16N2O2. The first-order chi connectivity index (χ1) is 7.77. The summed E-state index contributed by atoms with van der Waals surface area (Å²) in [5, 5.41) is 8.89. The fourth-order valence-electron chi connectivity index (χ4n) is 2.29. The maximum Gasteiger partial charge on any atom is 0.305 e. The van der Waals surface area contributed by atoms with Gasteiger partial charge in [0.25, 0.3) is 0 Å². The Hall–Kier alpha value is -1.58. The largest absolute Gasteiger partial charge is 0.481 e. The summed E-state index contributed by atoms with van der Waals surface area (Å²) in [4.78, 5) is 17.0. The van der Waals surface area contributed by atoms with E-state index in [1.54, 1.807) is 12.4 Å². The molecule has 0 saturated carbocycles. The Morgan fingerprint density at radius 3 is 2.88 bits per heavy atom. The Labute approximate surface area is 94.9 Å².